The molecule has 1 amide bonds. The second kappa shape index (κ2) is 10.1. The monoisotopic (exact) mass is 479 g/mol. The Balaban J connectivity index is 1.61. The molecule has 0 fully saturated rings. The van der Waals surface area contributed by atoms with Crippen molar-refractivity contribution in [3.05, 3.63) is 107 Å². The number of hydrogen-bond donors (Lipinski definition) is 2. The number of carbonyl (C=O) groups is 1. The van der Waals surface area contributed by atoms with E-state index in [1.165, 1.54) is 6.07 Å². The topological polar surface area (TPSA) is 88.2 Å². The van der Waals surface area contributed by atoms with Gasteiger partial charge in [-0.3, -0.25) is 9.78 Å². The first-order valence-corrected chi connectivity index (χ1v) is 12.2. The van der Waals surface area contributed by atoms with Crippen molar-refractivity contribution in [1.82, 2.24) is 15.0 Å². The second-order valence-electron chi connectivity index (χ2n) is 7.50. The fourth-order valence-electron chi connectivity index (χ4n) is 3.53. The summed E-state index contributed by atoms with van der Waals surface area (Å²) in [6.45, 7) is 0.182. The van der Waals surface area contributed by atoms with Gasteiger partial charge in [-0.1, -0.05) is 78.3 Å². The summed E-state index contributed by atoms with van der Waals surface area (Å²) in [5.74, 6) is -0.449. The molecule has 1 heterocycles. The predicted molar refractivity (Wildman–Crippen MR) is 129 cm³/mol. The van der Waals surface area contributed by atoms with Crippen LogP contribution in [0.25, 0.3) is 10.9 Å². The van der Waals surface area contributed by atoms with Gasteiger partial charge in [-0.25, -0.2) is 8.42 Å². The molecule has 4 aromatic rings. The summed E-state index contributed by atoms with van der Waals surface area (Å²) in [6, 6.07) is 23.9. The van der Waals surface area contributed by atoms with Gasteiger partial charge in [0.25, 0.3) is 0 Å². The number of nitrogens with zero attached hydrogens (tertiary/aromatic N) is 1. The first-order chi connectivity index (χ1) is 15.9. The molecule has 0 saturated heterocycles. The van der Waals surface area contributed by atoms with Crippen LogP contribution in [0, 0.1) is 0 Å². The van der Waals surface area contributed by atoms with Crippen LogP contribution in [0.15, 0.2) is 96.0 Å². The van der Waals surface area contributed by atoms with Crippen molar-refractivity contribution in [2.24, 2.45) is 0 Å². The molecule has 0 unspecified atom stereocenters. The van der Waals surface area contributed by atoms with Crippen LogP contribution in [-0.4, -0.2) is 25.4 Å². The minimum absolute atomic E-state index is 0.0255. The number of halogens is 1. The molecule has 1 aromatic heterocycles. The van der Waals surface area contributed by atoms with Crippen molar-refractivity contribution in [3.63, 3.8) is 0 Å². The molecule has 0 aliphatic carbocycles. The number of benzene rings is 3. The van der Waals surface area contributed by atoms with E-state index in [1.807, 2.05) is 36.4 Å². The maximum atomic E-state index is 13.3. The van der Waals surface area contributed by atoms with E-state index >= 15 is 0 Å². The number of rotatable bonds is 8. The molecule has 168 valence electrons. The highest BCUT2D eigenvalue weighted by molar-refractivity contribution is 7.89. The number of para-hydroxylation sites is 1. The number of nitrogens with one attached hydrogen (secondary N) is 2. The van der Waals surface area contributed by atoms with E-state index in [0.717, 1.165) is 11.1 Å². The molecule has 0 aliphatic heterocycles. The standard InChI is InChI=1S/C25H22ClN3O3S/c26-21-13-5-4-10-20(21)17-28-25(30)22(16-18-8-2-1-3-9-18)29-33(31,32)23-14-6-11-19-12-7-15-27-24(19)23/h1-15,22,29H,16-17H2,(H,28,30)/t22-/m1/s1. The molecule has 33 heavy (non-hydrogen) atoms. The summed E-state index contributed by atoms with van der Waals surface area (Å²) in [5.41, 5.74) is 1.92. The lowest BCUT2D eigenvalue weighted by Gasteiger charge is -2.19. The Morgan fingerprint density at radius 1 is 0.909 bits per heavy atom. The fourth-order valence-corrected chi connectivity index (χ4v) is 5.11. The Labute approximate surface area is 197 Å². The Kier molecular flexibility index (Phi) is 7.03. The van der Waals surface area contributed by atoms with Crippen molar-refractivity contribution in [3.8, 4) is 0 Å². The Morgan fingerprint density at radius 3 is 2.42 bits per heavy atom. The van der Waals surface area contributed by atoms with Gasteiger partial charge in [0.15, 0.2) is 0 Å². The van der Waals surface area contributed by atoms with Crippen LogP contribution in [0.5, 0.6) is 0 Å². The van der Waals surface area contributed by atoms with E-state index in [4.69, 9.17) is 11.6 Å². The lowest BCUT2D eigenvalue weighted by Crippen LogP contribution is -2.47. The highest BCUT2D eigenvalue weighted by Gasteiger charge is 2.27. The molecule has 0 bridgehead atoms. The Bertz CT molecular complexity index is 1370. The summed E-state index contributed by atoms with van der Waals surface area (Å²) >= 11 is 6.19. The molecule has 8 heteroatoms. The minimum Gasteiger partial charge on any atom is -0.351 e. The molecule has 4 rings (SSSR count). The summed E-state index contributed by atoms with van der Waals surface area (Å²) in [4.78, 5) is 17.4. The number of carbonyl (C=O) groups excluding carboxylic acids is 1. The third kappa shape index (κ3) is 5.57. The van der Waals surface area contributed by atoms with Crippen LogP contribution >= 0.6 is 11.6 Å². The van der Waals surface area contributed by atoms with Crippen molar-refractivity contribution >= 4 is 38.4 Å². The van der Waals surface area contributed by atoms with E-state index < -0.39 is 22.0 Å². The molecule has 1 atom stereocenters. The van der Waals surface area contributed by atoms with Gasteiger partial charge in [-0.05, 0) is 35.7 Å². The summed E-state index contributed by atoms with van der Waals surface area (Å²) in [7, 11) is -4.04. The average molecular weight is 480 g/mol. The lowest BCUT2D eigenvalue weighted by atomic mass is 10.1. The Hall–Kier alpha value is -3.26. The van der Waals surface area contributed by atoms with Crippen LogP contribution in [0.3, 0.4) is 0 Å². The molecular formula is C25H22ClN3O3S. The van der Waals surface area contributed by atoms with Crippen molar-refractivity contribution in [1.29, 1.82) is 0 Å². The van der Waals surface area contributed by atoms with Crippen molar-refractivity contribution in [2.75, 3.05) is 0 Å². The number of hydrogen-bond acceptors (Lipinski definition) is 4. The van der Waals surface area contributed by atoms with E-state index in [-0.39, 0.29) is 17.9 Å². The highest BCUT2D eigenvalue weighted by Crippen LogP contribution is 2.21. The molecule has 6 nitrogen and oxygen atoms in total. The van der Waals surface area contributed by atoms with E-state index in [9.17, 15) is 13.2 Å². The van der Waals surface area contributed by atoms with E-state index in [2.05, 4.69) is 15.0 Å². The van der Waals surface area contributed by atoms with Crippen LogP contribution in [0.2, 0.25) is 5.02 Å². The number of fused-ring (bicyclic) bond motifs is 1. The van der Waals surface area contributed by atoms with Gasteiger partial charge in [-0.2, -0.15) is 4.72 Å². The SMILES string of the molecule is O=C(NCc1ccccc1Cl)[C@@H](Cc1ccccc1)NS(=O)(=O)c1cccc2cccnc12. The first kappa shape index (κ1) is 22.9. The molecule has 2 N–H and O–H groups in total. The van der Waals surface area contributed by atoms with Gasteiger partial charge < -0.3 is 5.32 Å². The molecule has 0 spiro atoms. The number of aromatic nitrogens is 1. The summed E-state index contributed by atoms with van der Waals surface area (Å²) in [6.07, 6.45) is 1.73. The highest BCUT2D eigenvalue weighted by atomic mass is 35.5. The molecule has 0 aliphatic rings. The maximum absolute atomic E-state index is 13.3. The lowest BCUT2D eigenvalue weighted by molar-refractivity contribution is -0.122. The predicted octanol–water partition coefficient (Wildman–Crippen LogP) is 4.09. The summed E-state index contributed by atoms with van der Waals surface area (Å²) < 4.78 is 29.2. The van der Waals surface area contributed by atoms with Gasteiger partial charge in [0.2, 0.25) is 15.9 Å². The van der Waals surface area contributed by atoms with Crippen LogP contribution < -0.4 is 10.0 Å². The van der Waals surface area contributed by atoms with E-state index in [0.29, 0.717) is 15.9 Å². The quantitative estimate of drug-likeness (QED) is 0.398. The van der Waals surface area contributed by atoms with Gasteiger partial charge in [0, 0.05) is 23.2 Å². The Morgan fingerprint density at radius 2 is 1.64 bits per heavy atom. The van der Waals surface area contributed by atoms with E-state index in [1.54, 1.807) is 48.7 Å². The third-order valence-electron chi connectivity index (χ3n) is 5.19. The largest absolute Gasteiger partial charge is 0.351 e. The minimum atomic E-state index is -4.04. The molecule has 3 aromatic carbocycles. The normalized spacial score (nSPS) is 12.4. The smallest absolute Gasteiger partial charge is 0.243 e. The van der Waals surface area contributed by atoms with Gasteiger partial charge in [0.1, 0.15) is 10.9 Å². The first-order valence-electron chi connectivity index (χ1n) is 10.4. The number of amides is 1. The van der Waals surface area contributed by atoms with Crippen LogP contribution in [-0.2, 0) is 27.8 Å². The fraction of sp³-hybridized carbons (Fsp3) is 0.120. The van der Waals surface area contributed by atoms with Crippen LogP contribution in [0.4, 0.5) is 0 Å². The van der Waals surface area contributed by atoms with Crippen molar-refractivity contribution < 1.29 is 13.2 Å². The average Bonchev–Trinajstić information content (AvgIpc) is 2.83. The van der Waals surface area contributed by atoms with Crippen LogP contribution in [0.1, 0.15) is 11.1 Å². The molecule has 0 radical (unpaired) electrons. The zero-order valence-electron chi connectivity index (χ0n) is 17.6. The zero-order chi connectivity index (χ0) is 23.3. The van der Waals surface area contributed by atoms with Gasteiger partial charge in [0.05, 0.1) is 5.52 Å². The van der Waals surface area contributed by atoms with Crippen molar-refractivity contribution in [2.45, 2.75) is 23.9 Å². The van der Waals surface area contributed by atoms with Gasteiger partial charge >= 0.3 is 0 Å². The second-order valence-corrected chi connectivity index (χ2v) is 9.59. The molecular weight excluding hydrogens is 458 g/mol. The third-order valence-corrected chi connectivity index (χ3v) is 7.06. The summed E-state index contributed by atoms with van der Waals surface area (Å²) in [5, 5.41) is 4.03. The number of sulfonamides is 1. The maximum Gasteiger partial charge on any atom is 0.243 e. The number of pyridine rings is 1. The zero-order valence-corrected chi connectivity index (χ0v) is 19.2. The molecule has 0 saturated carbocycles. The van der Waals surface area contributed by atoms with Gasteiger partial charge in [-0.15, -0.1) is 0 Å².